The van der Waals surface area contributed by atoms with Crippen LogP contribution in [0.4, 0.5) is 0 Å². The molecule has 0 saturated carbocycles. The number of amides is 1. The van der Waals surface area contributed by atoms with Gasteiger partial charge in [-0.3, -0.25) is 9.69 Å². The SMILES string of the molecule is O=C(O)C(Cc1ccccc1)N1C(=O)C(=CC=Cc2ccccc2)SC1=S. The molecule has 0 aromatic heterocycles. The molecule has 1 unspecified atom stereocenters. The summed E-state index contributed by atoms with van der Waals surface area (Å²) in [6, 6.07) is 17.9. The smallest absolute Gasteiger partial charge is 0.327 e. The number of allylic oxidation sites excluding steroid dienone is 2. The minimum Gasteiger partial charge on any atom is -0.480 e. The summed E-state index contributed by atoms with van der Waals surface area (Å²) in [6.07, 6.45) is 5.53. The number of carbonyl (C=O) groups is 2. The number of hydrogen-bond acceptors (Lipinski definition) is 4. The van der Waals surface area contributed by atoms with E-state index in [0.717, 1.165) is 22.9 Å². The maximum absolute atomic E-state index is 12.7. The van der Waals surface area contributed by atoms with Crippen molar-refractivity contribution >= 4 is 46.3 Å². The van der Waals surface area contributed by atoms with Crippen LogP contribution in [0.25, 0.3) is 6.08 Å². The van der Waals surface area contributed by atoms with Crippen LogP contribution < -0.4 is 0 Å². The second-order valence-corrected chi connectivity index (χ2v) is 7.56. The summed E-state index contributed by atoms with van der Waals surface area (Å²) in [5.41, 5.74) is 1.85. The average molecular weight is 396 g/mol. The zero-order chi connectivity index (χ0) is 19.2. The quantitative estimate of drug-likeness (QED) is 0.588. The number of thioether (sulfide) groups is 1. The van der Waals surface area contributed by atoms with E-state index in [-0.39, 0.29) is 16.6 Å². The van der Waals surface area contributed by atoms with Crippen molar-refractivity contribution in [3.63, 3.8) is 0 Å². The van der Waals surface area contributed by atoms with Gasteiger partial charge < -0.3 is 5.11 Å². The molecule has 1 saturated heterocycles. The molecule has 1 amide bonds. The first-order valence-corrected chi connectivity index (χ1v) is 9.54. The van der Waals surface area contributed by atoms with Crippen molar-refractivity contribution < 1.29 is 14.7 Å². The maximum Gasteiger partial charge on any atom is 0.327 e. The van der Waals surface area contributed by atoms with Crippen LogP contribution in [-0.2, 0) is 16.0 Å². The second kappa shape index (κ2) is 8.79. The van der Waals surface area contributed by atoms with Gasteiger partial charge in [0.2, 0.25) is 0 Å². The van der Waals surface area contributed by atoms with Crippen LogP contribution in [0.1, 0.15) is 11.1 Å². The Morgan fingerprint density at radius 2 is 1.74 bits per heavy atom. The Kier molecular flexibility index (Phi) is 6.21. The highest BCUT2D eigenvalue weighted by atomic mass is 32.2. The van der Waals surface area contributed by atoms with Gasteiger partial charge in [-0.15, -0.1) is 0 Å². The van der Waals surface area contributed by atoms with E-state index in [9.17, 15) is 14.7 Å². The van der Waals surface area contributed by atoms with E-state index in [1.807, 2.05) is 66.7 Å². The van der Waals surface area contributed by atoms with Crippen molar-refractivity contribution in [2.45, 2.75) is 12.5 Å². The summed E-state index contributed by atoms with van der Waals surface area (Å²) in [4.78, 5) is 26.2. The molecule has 0 spiro atoms. The number of aliphatic carboxylic acids is 1. The number of carboxylic acid groups (broad SMARTS) is 1. The van der Waals surface area contributed by atoms with Crippen molar-refractivity contribution in [3.05, 3.63) is 88.8 Å². The Morgan fingerprint density at radius 1 is 1.11 bits per heavy atom. The molecule has 2 aromatic carbocycles. The molecular weight excluding hydrogens is 378 g/mol. The van der Waals surface area contributed by atoms with E-state index in [1.165, 1.54) is 4.90 Å². The van der Waals surface area contributed by atoms with Crippen LogP contribution in [0.2, 0.25) is 0 Å². The van der Waals surface area contributed by atoms with Crippen molar-refractivity contribution in [3.8, 4) is 0 Å². The van der Waals surface area contributed by atoms with Gasteiger partial charge >= 0.3 is 5.97 Å². The number of carboxylic acids is 1. The number of rotatable bonds is 6. The molecule has 1 heterocycles. The van der Waals surface area contributed by atoms with Gasteiger partial charge in [0.1, 0.15) is 10.4 Å². The summed E-state index contributed by atoms with van der Waals surface area (Å²) in [7, 11) is 0. The number of hydrogen-bond donors (Lipinski definition) is 1. The number of nitrogens with zero attached hydrogens (tertiary/aromatic N) is 1. The van der Waals surface area contributed by atoms with Gasteiger partial charge in [0.05, 0.1) is 4.91 Å². The predicted octanol–water partition coefficient (Wildman–Crippen LogP) is 4.14. The summed E-state index contributed by atoms with van der Waals surface area (Å²) < 4.78 is 0.266. The van der Waals surface area contributed by atoms with Crippen LogP contribution in [0.5, 0.6) is 0 Å². The van der Waals surface area contributed by atoms with Crippen molar-refractivity contribution in [1.29, 1.82) is 0 Å². The first-order valence-electron chi connectivity index (χ1n) is 8.32. The van der Waals surface area contributed by atoms with Gasteiger partial charge in [0.15, 0.2) is 0 Å². The summed E-state index contributed by atoms with van der Waals surface area (Å²) in [5, 5.41) is 9.65. The van der Waals surface area contributed by atoms with E-state index in [0.29, 0.717) is 4.91 Å². The highest BCUT2D eigenvalue weighted by Gasteiger charge is 2.40. The summed E-state index contributed by atoms with van der Waals surface area (Å²) in [6.45, 7) is 0. The molecule has 0 radical (unpaired) electrons. The van der Waals surface area contributed by atoms with Gasteiger partial charge in [-0.05, 0) is 17.2 Å². The highest BCUT2D eigenvalue weighted by Crippen LogP contribution is 2.33. The van der Waals surface area contributed by atoms with E-state index in [4.69, 9.17) is 12.2 Å². The number of benzene rings is 2. The van der Waals surface area contributed by atoms with Crippen molar-refractivity contribution in [2.75, 3.05) is 0 Å². The van der Waals surface area contributed by atoms with Crippen LogP contribution >= 0.6 is 24.0 Å². The molecule has 6 heteroatoms. The zero-order valence-corrected chi connectivity index (χ0v) is 16.0. The highest BCUT2D eigenvalue weighted by molar-refractivity contribution is 8.26. The molecule has 1 aliphatic heterocycles. The number of carbonyl (C=O) groups excluding carboxylic acids is 1. The Morgan fingerprint density at radius 3 is 2.37 bits per heavy atom. The fourth-order valence-corrected chi connectivity index (χ4v) is 4.01. The van der Waals surface area contributed by atoms with Crippen LogP contribution in [0, 0.1) is 0 Å². The molecule has 3 rings (SSSR count). The summed E-state index contributed by atoms with van der Waals surface area (Å²) >= 11 is 6.42. The first-order chi connectivity index (χ1) is 13.1. The third kappa shape index (κ3) is 4.72. The lowest BCUT2D eigenvalue weighted by molar-refractivity contribution is -0.145. The maximum atomic E-state index is 12.7. The third-order valence-corrected chi connectivity index (χ3v) is 5.38. The van der Waals surface area contributed by atoms with Gasteiger partial charge in [-0.2, -0.15) is 0 Å². The molecular formula is C21H17NO3S2. The number of thiocarbonyl (C=S) groups is 1. The van der Waals surface area contributed by atoms with E-state index < -0.39 is 12.0 Å². The lowest BCUT2D eigenvalue weighted by atomic mass is 10.0. The summed E-state index contributed by atoms with van der Waals surface area (Å²) in [5.74, 6) is -1.44. The van der Waals surface area contributed by atoms with E-state index in [1.54, 1.807) is 12.2 Å². The van der Waals surface area contributed by atoms with Gasteiger partial charge in [0, 0.05) is 6.42 Å². The van der Waals surface area contributed by atoms with E-state index in [2.05, 4.69) is 0 Å². The van der Waals surface area contributed by atoms with Crippen molar-refractivity contribution in [2.24, 2.45) is 0 Å². The molecule has 1 fully saturated rings. The van der Waals surface area contributed by atoms with Gasteiger partial charge in [-0.25, -0.2) is 4.79 Å². The molecule has 0 bridgehead atoms. The minimum atomic E-state index is -1.07. The van der Waals surface area contributed by atoms with Gasteiger partial charge in [-0.1, -0.05) is 96.8 Å². The third-order valence-electron chi connectivity index (χ3n) is 4.03. The molecule has 1 N–H and O–H groups in total. The Hall–Kier alpha value is -2.70. The fraction of sp³-hybridized carbons (Fsp3) is 0.0952. The Balaban J connectivity index is 1.78. The predicted molar refractivity (Wildman–Crippen MR) is 112 cm³/mol. The molecule has 2 aromatic rings. The normalized spacial score (nSPS) is 17.0. The Bertz CT molecular complexity index is 908. The van der Waals surface area contributed by atoms with Crippen LogP contribution in [-0.4, -0.2) is 32.2 Å². The Labute approximate surface area is 167 Å². The first kappa shape index (κ1) is 19.1. The largest absolute Gasteiger partial charge is 0.480 e. The average Bonchev–Trinajstić information content (AvgIpc) is 2.95. The fourth-order valence-electron chi connectivity index (χ4n) is 2.70. The standard InChI is InChI=1S/C21H17NO3S2/c23-19-18(13-7-12-15-8-3-1-4-9-15)27-21(26)22(19)17(20(24)25)14-16-10-5-2-6-11-16/h1-13,17H,14H2,(H,24,25). The zero-order valence-electron chi connectivity index (χ0n) is 14.3. The molecule has 1 atom stereocenters. The lowest BCUT2D eigenvalue weighted by Gasteiger charge is -2.23. The second-order valence-electron chi connectivity index (χ2n) is 5.89. The molecule has 136 valence electrons. The minimum absolute atomic E-state index is 0.204. The van der Waals surface area contributed by atoms with Crippen molar-refractivity contribution in [1.82, 2.24) is 4.90 Å². The molecule has 27 heavy (non-hydrogen) atoms. The lowest BCUT2D eigenvalue weighted by Crippen LogP contribution is -2.45. The monoisotopic (exact) mass is 395 g/mol. The topological polar surface area (TPSA) is 57.6 Å². The van der Waals surface area contributed by atoms with Gasteiger partial charge in [0.25, 0.3) is 5.91 Å². The molecule has 0 aliphatic carbocycles. The molecule has 4 nitrogen and oxygen atoms in total. The van der Waals surface area contributed by atoms with E-state index >= 15 is 0 Å². The van der Waals surface area contributed by atoms with Crippen LogP contribution in [0.3, 0.4) is 0 Å². The van der Waals surface area contributed by atoms with Crippen LogP contribution in [0.15, 0.2) is 77.7 Å². The molecule has 1 aliphatic rings.